The zero-order valence-corrected chi connectivity index (χ0v) is 14.8. The number of hydrogen-bond donors (Lipinski definition) is 2. The Hall–Kier alpha value is -2.64. The van der Waals surface area contributed by atoms with Gasteiger partial charge in [0.25, 0.3) is 10.0 Å². The van der Waals surface area contributed by atoms with Crippen molar-refractivity contribution in [2.24, 2.45) is 0 Å². The van der Waals surface area contributed by atoms with E-state index in [1.54, 1.807) is 66.7 Å². The maximum atomic E-state index is 12.5. The molecule has 3 aromatic rings. The molecule has 0 bridgehead atoms. The zero-order chi connectivity index (χ0) is 17.7. The van der Waals surface area contributed by atoms with Gasteiger partial charge in [-0.25, -0.2) is 12.6 Å². The molecule has 128 valence electrons. The van der Waals surface area contributed by atoms with Crippen LogP contribution in [0.2, 0.25) is 0 Å². The first kappa shape index (κ1) is 17.2. The summed E-state index contributed by atoms with van der Waals surface area (Å²) in [6.45, 7) is 0. The Morgan fingerprint density at radius 3 is 1.84 bits per heavy atom. The molecule has 0 heterocycles. The lowest BCUT2D eigenvalue weighted by Gasteiger charge is -2.14. The number of sulfonamides is 1. The lowest BCUT2D eigenvalue weighted by atomic mass is 10.3. The van der Waals surface area contributed by atoms with Crippen molar-refractivity contribution in [2.75, 3.05) is 9.44 Å². The average molecular weight is 372 g/mol. The third-order valence-electron chi connectivity index (χ3n) is 3.38. The molecular formula is C18H16N2O3S2. The Morgan fingerprint density at radius 2 is 1.20 bits per heavy atom. The number of anilines is 2. The smallest absolute Gasteiger partial charge is 0.261 e. The molecule has 1 unspecified atom stereocenters. The van der Waals surface area contributed by atoms with E-state index in [1.165, 1.54) is 12.1 Å². The van der Waals surface area contributed by atoms with Crippen molar-refractivity contribution >= 4 is 32.4 Å². The quantitative estimate of drug-likeness (QED) is 0.694. The number of benzene rings is 3. The van der Waals surface area contributed by atoms with Gasteiger partial charge >= 0.3 is 0 Å². The molecule has 0 aliphatic rings. The van der Waals surface area contributed by atoms with Crippen molar-refractivity contribution in [3.05, 3.63) is 84.9 Å². The molecule has 3 aromatic carbocycles. The van der Waals surface area contributed by atoms with Crippen LogP contribution < -0.4 is 9.44 Å². The first-order valence-corrected chi connectivity index (χ1v) is 10.1. The summed E-state index contributed by atoms with van der Waals surface area (Å²) in [6, 6.07) is 23.7. The van der Waals surface area contributed by atoms with Crippen LogP contribution in [0.5, 0.6) is 0 Å². The van der Waals surface area contributed by atoms with Gasteiger partial charge in [-0.15, -0.1) is 0 Å². The van der Waals surface area contributed by atoms with Crippen molar-refractivity contribution in [1.29, 1.82) is 0 Å². The molecule has 3 rings (SSSR count). The Morgan fingerprint density at radius 1 is 0.680 bits per heavy atom. The van der Waals surface area contributed by atoms with Gasteiger partial charge in [0.15, 0.2) is 0 Å². The first-order valence-electron chi connectivity index (χ1n) is 7.47. The largest absolute Gasteiger partial charge is 0.299 e. The van der Waals surface area contributed by atoms with Gasteiger partial charge in [0.05, 0.1) is 21.2 Å². The van der Waals surface area contributed by atoms with Crippen LogP contribution >= 0.6 is 0 Å². The van der Waals surface area contributed by atoms with E-state index in [2.05, 4.69) is 9.44 Å². The topological polar surface area (TPSA) is 75.3 Å². The lowest BCUT2D eigenvalue weighted by Crippen LogP contribution is -2.15. The normalized spacial score (nSPS) is 12.3. The summed E-state index contributed by atoms with van der Waals surface area (Å²) >= 11 is 0. The fraction of sp³-hybridized carbons (Fsp3) is 0. The molecule has 0 aliphatic heterocycles. The number of para-hydroxylation sites is 2. The molecule has 7 heteroatoms. The standard InChI is InChI=1S/C18H16N2O3S2/c21-24(15-9-3-1-4-10-15)19-17-13-7-8-14-18(17)20-25(22,23)16-11-5-2-6-12-16/h1-14,19-20H. The van der Waals surface area contributed by atoms with E-state index in [4.69, 9.17) is 0 Å². The predicted octanol–water partition coefficient (Wildman–Crippen LogP) is 3.62. The molecule has 0 aromatic heterocycles. The van der Waals surface area contributed by atoms with Gasteiger partial charge in [-0.1, -0.05) is 48.5 Å². The minimum Gasteiger partial charge on any atom is -0.299 e. The first-order chi connectivity index (χ1) is 12.1. The highest BCUT2D eigenvalue weighted by Gasteiger charge is 2.16. The molecule has 0 radical (unpaired) electrons. The fourth-order valence-corrected chi connectivity index (χ4v) is 4.17. The summed E-state index contributed by atoms with van der Waals surface area (Å²) in [5, 5.41) is 0. The highest BCUT2D eigenvalue weighted by Crippen LogP contribution is 2.25. The van der Waals surface area contributed by atoms with Gasteiger partial charge in [-0.3, -0.25) is 9.44 Å². The van der Waals surface area contributed by atoms with Crippen LogP contribution in [0, 0.1) is 0 Å². The van der Waals surface area contributed by atoms with Crippen LogP contribution in [0.3, 0.4) is 0 Å². The Labute approximate surface area is 149 Å². The average Bonchev–Trinajstić information content (AvgIpc) is 2.64. The molecule has 25 heavy (non-hydrogen) atoms. The summed E-state index contributed by atoms with van der Waals surface area (Å²) in [5.41, 5.74) is 0.764. The highest BCUT2D eigenvalue weighted by molar-refractivity contribution is 7.92. The number of rotatable bonds is 6. The molecule has 0 saturated carbocycles. The molecular weight excluding hydrogens is 356 g/mol. The molecule has 0 aliphatic carbocycles. The van der Waals surface area contributed by atoms with Gasteiger partial charge in [0.1, 0.15) is 11.0 Å². The summed E-state index contributed by atoms with van der Waals surface area (Å²) in [7, 11) is -5.23. The minimum absolute atomic E-state index is 0.161. The predicted molar refractivity (Wildman–Crippen MR) is 100 cm³/mol. The Balaban J connectivity index is 1.86. The monoisotopic (exact) mass is 372 g/mol. The molecule has 0 fully saturated rings. The molecule has 5 nitrogen and oxygen atoms in total. The van der Waals surface area contributed by atoms with Gasteiger partial charge in [0.2, 0.25) is 0 Å². The fourth-order valence-electron chi connectivity index (χ4n) is 2.17. The van der Waals surface area contributed by atoms with E-state index < -0.39 is 21.0 Å². The van der Waals surface area contributed by atoms with Crippen LogP contribution in [0.1, 0.15) is 0 Å². The number of hydrogen-bond acceptors (Lipinski definition) is 3. The zero-order valence-electron chi connectivity index (χ0n) is 13.1. The van der Waals surface area contributed by atoms with Crippen molar-refractivity contribution in [2.45, 2.75) is 9.79 Å². The van der Waals surface area contributed by atoms with Crippen molar-refractivity contribution in [3.63, 3.8) is 0 Å². The molecule has 0 saturated heterocycles. The molecule has 0 spiro atoms. The maximum Gasteiger partial charge on any atom is 0.261 e. The second-order valence-corrected chi connectivity index (χ2v) is 8.04. The second kappa shape index (κ2) is 7.50. The van der Waals surface area contributed by atoms with Gasteiger partial charge in [-0.05, 0) is 36.4 Å². The number of nitrogens with one attached hydrogen (secondary N) is 2. The van der Waals surface area contributed by atoms with Crippen LogP contribution in [0.25, 0.3) is 0 Å². The van der Waals surface area contributed by atoms with Gasteiger partial charge in [0, 0.05) is 0 Å². The van der Waals surface area contributed by atoms with E-state index in [0.717, 1.165) is 0 Å². The van der Waals surface area contributed by atoms with E-state index in [1.807, 2.05) is 6.07 Å². The summed E-state index contributed by atoms with van der Waals surface area (Å²) in [4.78, 5) is 0.761. The van der Waals surface area contributed by atoms with Gasteiger partial charge in [-0.2, -0.15) is 0 Å². The summed E-state index contributed by atoms with van der Waals surface area (Å²) in [5.74, 6) is 0. The molecule has 0 amide bonds. The van der Waals surface area contributed by atoms with E-state index in [0.29, 0.717) is 16.3 Å². The molecule has 2 N–H and O–H groups in total. The SMILES string of the molecule is O=S(Nc1ccccc1NS(=O)(=O)c1ccccc1)c1ccccc1. The summed E-state index contributed by atoms with van der Waals surface area (Å²) in [6.07, 6.45) is 0. The second-order valence-electron chi connectivity index (χ2n) is 5.15. The Kier molecular flexibility index (Phi) is 5.16. The third kappa shape index (κ3) is 4.26. The minimum atomic E-state index is -3.73. The van der Waals surface area contributed by atoms with E-state index >= 15 is 0 Å². The maximum absolute atomic E-state index is 12.5. The van der Waals surface area contributed by atoms with Crippen LogP contribution in [-0.4, -0.2) is 12.6 Å². The van der Waals surface area contributed by atoms with Crippen molar-refractivity contribution in [3.8, 4) is 0 Å². The lowest BCUT2D eigenvalue weighted by molar-refractivity contribution is 0.601. The third-order valence-corrected chi connectivity index (χ3v) is 5.87. The van der Waals surface area contributed by atoms with Crippen molar-refractivity contribution in [1.82, 2.24) is 0 Å². The Bertz CT molecular complexity index is 975. The van der Waals surface area contributed by atoms with Crippen molar-refractivity contribution < 1.29 is 12.6 Å². The molecule has 1 atom stereocenters. The van der Waals surface area contributed by atoms with Crippen LogP contribution in [-0.2, 0) is 21.0 Å². The summed E-state index contributed by atoms with van der Waals surface area (Å²) < 4.78 is 42.8. The van der Waals surface area contributed by atoms with Crippen LogP contribution in [0.15, 0.2) is 94.7 Å². The van der Waals surface area contributed by atoms with Crippen LogP contribution in [0.4, 0.5) is 11.4 Å². The van der Waals surface area contributed by atoms with Gasteiger partial charge < -0.3 is 0 Å². The van der Waals surface area contributed by atoms with E-state index in [9.17, 15) is 12.6 Å². The highest BCUT2D eigenvalue weighted by atomic mass is 32.2. The van der Waals surface area contributed by atoms with E-state index in [-0.39, 0.29) is 4.90 Å².